The number of hydrogen-bond donors (Lipinski definition) is 1. The maximum Gasteiger partial charge on any atom is 0.314 e. The van der Waals surface area contributed by atoms with Crippen LogP contribution in [0.3, 0.4) is 0 Å². The van der Waals surface area contributed by atoms with Crippen molar-refractivity contribution in [3.8, 4) is 5.75 Å². The van der Waals surface area contributed by atoms with Crippen molar-refractivity contribution >= 4 is 5.97 Å². The molecule has 4 heteroatoms. The van der Waals surface area contributed by atoms with E-state index in [2.05, 4.69) is 18.7 Å². The maximum absolute atomic E-state index is 11.9. The number of carbonyl (C=O) groups is 1. The number of aliphatic carboxylic acids is 1. The van der Waals surface area contributed by atoms with Gasteiger partial charge in [-0.05, 0) is 45.8 Å². The molecule has 0 atom stereocenters. The second-order valence-corrected chi connectivity index (χ2v) is 5.72. The van der Waals surface area contributed by atoms with Crippen molar-refractivity contribution in [2.45, 2.75) is 38.1 Å². The van der Waals surface area contributed by atoms with Gasteiger partial charge >= 0.3 is 5.97 Å². The van der Waals surface area contributed by atoms with Gasteiger partial charge in [-0.2, -0.15) is 0 Å². The Labute approximate surface area is 120 Å². The minimum atomic E-state index is -0.821. The Morgan fingerprint density at radius 1 is 1.30 bits per heavy atom. The zero-order valence-electron chi connectivity index (χ0n) is 12.4. The first-order valence-electron chi connectivity index (χ1n) is 7.12. The number of rotatable bonds is 4. The number of nitrogens with zero attached hydrogens (tertiary/aromatic N) is 1. The Bertz CT molecular complexity index is 476. The average Bonchev–Trinajstić information content (AvgIpc) is 2.47. The van der Waals surface area contributed by atoms with E-state index in [1.807, 2.05) is 24.3 Å². The fourth-order valence-corrected chi connectivity index (χ4v) is 3.06. The molecule has 0 saturated carbocycles. The Hall–Kier alpha value is -1.55. The van der Waals surface area contributed by atoms with E-state index in [4.69, 9.17) is 4.74 Å². The standard InChI is InChI=1S/C16H23NO3/c1-12(2)17-10-8-16(9-11-17,15(18)19)13-6-4-5-7-14(13)20-3/h4-7,12H,8-11H2,1-3H3,(H,18,19). The fourth-order valence-electron chi connectivity index (χ4n) is 3.06. The number of benzene rings is 1. The van der Waals surface area contributed by atoms with E-state index in [1.165, 1.54) is 0 Å². The van der Waals surface area contributed by atoms with Crippen LogP contribution in [0.5, 0.6) is 5.75 Å². The highest BCUT2D eigenvalue weighted by molar-refractivity contribution is 5.82. The molecule has 0 bridgehead atoms. The topological polar surface area (TPSA) is 49.8 Å². The summed E-state index contributed by atoms with van der Waals surface area (Å²) in [5.74, 6) is -0.0710. The van der Waals surface area contributed by atoms with Gasteiger partial charge in [0.05, 0.1) is 12.5 Å². The molecule has 1 aromatic rings. The molecule has 0 radical (unpaired) electrons. The minimum absolute atomic E-state index is 0.458. The molecule has 1 heterocycles. The van der Waals surface area contributed by atoms with E-state index in [-0.39, 0.29) is 0 Å². The summed E-state index contributed by atoms with van der Waals surface area (Å²) >= 11 is 0. The Kier molecular flexibility index (Phi) is 4.33. The first-order chi connectivity index (χ1) is 9.51. The van der Waals surface area contributed by atoms with E-state index in [0.29, 0.717) is 24.6 Å². The van der Waals surface area contributed by atoms with E-state index >= 15 is 0 Å². The molecule has 4 nitrogen and oxygen atoms in total. The molecule has 110 valence electrons. The molecule has 20 heavy (non-hydrogen) atoms. The summed E-state index contributed by atoms with van der Waals surface area (Å²) in [5, 5.41) is 9.81. The number of carboxylic acids is 1. The predicted octanol–water partition coefficient (Wildman–Crippen LogP) is 2.52. The van der Waals surface area contributed by atoms with Crippen LogP contribution in [0.2, 0.25) is 0 Å². The first-order valence-corrected chi connectivity index (χ1v) is 7.12. The molecule has 1 aromatic carbocycles. The van der Waals surface area contributed by atoms with Gasteiger partial charge in [-0.15, -0.1) is 0 Å². The number of carboxylic acid groups (broad SMARTS) is 1. The molecule has 2 rings (SSSR count). The monoisotopic (exact) mass is 277 g/mol. The summed E-state index contributed by atoms with van der Waals surface area (Å²) in [6.07, 6.45) is 1.25. The van der Waals surface area contributed by atoms with Crippen LogP contribution in [0.1, 0.15) is 32.3 Å². The smallest absolute Gasteiger partial charge is 0.314 e. The number of piperidine rings is 1. The summed E-state index contributed by atoms with van der Waals surface area (Å²) in [4.78, 5) is 14.3. The largest absolute Gasteiger partial charge is 0.496 e. The zero-order chi connectivity index (χ0) is 14.8. The van der Waals surface area contributed by atoms with Gasteiger partial charge in [-0.3, -0.25) is 4.79 Å². The van der Waals surface area contributed by atoms with Crippen molar-refractivity contribution in [1.82, 2.24) is 4.90 Å². The van der Waals surface area contributed by atoms with Crippen LogP contribution in [0.4, 0.5) is 0 Å². The molecule has 1 saturated heterocycles. The fraction of sp³-hybridized carbons (Fsp3) is 0.562. The van der Waals surface area contributed by atoms with Gasteiger partial charge in [-0.25, -0.2) is 0 Å². The van der Waals surface area contributed by atoms with Crippen LogP contribution in [0, 0.1) is 0 Å². The molecule has 1 aliphatic heterocycles. The van der Waals surface area contributed by atoms with Gasteiger partial charge in [0.1, 0.15) is 5.75 Å². The second kappa shape index (κ2) is 5.83. The van der Waals surface area contributed by atoms with Crippen molar-refractivity contribution in [2.75, 3.05) is 20.2 Å². The minimum Gasteiger partial charge on any atom is -0.496 e. The lowest BCUT2D eigenvalue weighted by Crippen LogP contribution is -2.49. The van der Waals surface area contributed by atoms with Crippen molar-refractivity contribution in [3.63, 3.8) is 0 Å². The van der Waals surface area contributed by atoms with Crippen LogP contribution in [0.15, 0.2) is 24.3 Å². The molecule has 0 aromatic heterocycles. The maximum atomic E-state index is 11.9. The summed E-state index contributed by atoms with van der Waals surface area (Å²) in [6.45, 7) is 5.91. The zero-order valence-corrected chi connectivity index (χ0v) is 12.4. The third-order valence-corrected chi connectivity index (χ3v) is 4.41. The first kappa shape index (κ1) is 14.9. The van der Waals surface area contributed by atoms with E-state index in [0.717, 1.165) is 18.7 Å². The quantitative estimate of drug-likeness (QED) is 0.918. The highest BCUT2D eigenvalue weighted by atomic mass is 16.5. The van der Waals surface area contributed by atoms with E-state index in [9.17, 15) is 9.90 Å². The highest BCUT2D eigenvalue weighted by Crippen LogP contribution is 2.40. The Morgan fingerprint density at radius 3 is 2.40 bits per heavy atom. The van der Waals surface area contributed by atoms with Crippen LogP contribution in [0.25, 0.3) is 0 Å². The summed E-state index contributed by atoms with van der Waals surface area (Å²) in [7, 11) is 1.59. The summed E-state index contributed by atoms with van der Waals surface area (Å²) < 4.78 is 5.37. The molecule has 1 N–H and O–H groups in total. The number of hydrogen-bond acceptors (Lipinski definition) is 3. The Balaban J connectivity index is 2.35. The van der Waals surface area contributed by atoms with Crippen LogP contribution >= 0.6 is 0 Å². The molecular formula is C16H23NO3. The number of ether oxygens (including phenoxy) is 1. The molecule has 0 spiro atoms. The van der Waals surface area contributed by atoms with Gasteiger partial charge in [0.2, 0.25) is 0 Å². The number of likely N-dealkylation sites (tertiary alicyclic amines) is 1. The van der Waals surface area contributed by atoms with Crippen molar-refractivity contribution < 1.29 is 14.6 Å². The van der Waals surface area contributed by atoms with E-state index in [1.54, 1.807) is 7.11 Å². The summed E-state index contributed by atoms with van der Waals surface area (Å²) in [6, 6.07) is 7.95. The van der Waals surface area contributed by atoms with Crippen molar-refractivity contribution in [3.05, 3.63) is 29.8 Å². The predicted molar refractivity (Wildman–Crippen MR) is 78.3 cm³/mol. The van der Waals surface area contributed by atoms with Gasteiger partial charge in [0.25, 0.3) is 0 Å². The normalized spacial score (nSPS) is 19.0. The second-order valence-electron chi connectivity index (χ2n) is 5.72. The lowest BCUT2D eigenvalue weighted by atomic mass is 9.72. The molecule has 0 aliphatic carbocycles. The third-order valence-electron chi connectivity index (χ3n) is 4.41. The number of para-hydroxylation sites is 1. The lowest BCUT2D eigenvalue weighted by Gasteiger charge is -2.41. The molecule has 0 unspecified atom stereocenters. The third kappa shape index (κ3) is 2.52. The van der Waals surface area contributed by atoms with Gasteiger partial charge in [0.15, 0.2) is 0 Å². The molecule has 0 amide bonds. The molecule has 1 aliphatic rings. The van der Waals surface area contributed by atoms with E-state index < -0.39 is 11.4 Å². The van der Waals surface area contributed by atoms with Crippen LogP contribution in [-0.4, -0.2) is 42.2 Å². The van der Waals surface area contributed by atoms with Crippen molar-refractivity contribution in [1.29, 1.82) is 0 Å². The molecular weight excluding hydrogens is 254 g/mol. The van der Waals surface area contributed by atoms with Gasteiger partial charge in [-0.1, -0.05) is 18.2 Å². The van der Waals surface area contributed by atoms with Crippen LogP contribution in [-0.2, 0) is 10.2 Å². The average molecular weight is 277 g/mol. The number of methoxy groups -OCH3 is 1. The lowest BCUT2D eigenvalue weighted by molar-refractivity contribution is -0.146. The Morgan fingerprint density at radius 2 is 1.90 bits per heavy atom. The van der Waals surface area contributed by atoms with Gasteiger partial charge in [0, 0.05) is 11.6 Å². The van der Waals surface area contributed by atoms with Crippen LogP contribution < -0.4 is 4.74 Å². The van der Waals surface area contributed by atoms with Crippen molar-refractivity contribution in [2.24, 2.45) is 0 Å². The molecule has 1 fully saturated rings. The summed E-state index contributed by atoms with van der Waals surface area (Å²) in [5.41, 5.74) is -0.0174. The van der Waals surface area contributed by atoms with Gasteiger partial charge < -0.3 is 14.7 Å². The SMILES string of the molecule is COc1ccccc1C1(C(=O)O)CCN(C(C)C)CC1. The highest BCUT2D eigenvalue weighted by Gasteiger charge is 2.45.